The Morgan fingerprint density at radius 3 is 2.24 bits per heavy atom. The van der Waals surface area contributed by atoms with Gasteiger partial charge in [0.15, 0.2) is 0 Å². The fourth-order valence-electron chi connectivity index (χ4n) is 1.97. The van der Waals surface area contributed by atoms with Gasteiger partial charge in [0, 0.05) is 6.04 Å². The van der Waals surface area contributed by atoms with Crippen molar-refractivity contribution in [3.8, 4) is 11.5 Å². The van der Waals surface area contributed by atoms with E-state index in [-0.39, 0.29) is 18.0 Å². The highest BCUT2D eigenvalue weighted by Crippen LogP contribution is 2.28. The van der Waals surface area contributed by atoms with Gasteiger partial charge in [0.25, 0.3) is 0 Å². The van der Waals surface area contributed by atoms with E-state index in [0.717, 1.165) is 11.3 Å². The van der Waals surface area contributed by atoms with Crippen molar-refractivity contribution >= 4 is 15.9 Å². The Kier molecular flexibility index (Phi) is 5.20. The first kappa shape index (κ1) is 15.8. The van der Waals surface area contributed by atoms with E-state index in [2.05, 4.69) is 15.9 Å². The smallest absolute Gasteiger partial charge is 0.138 e. The van der Waals surface area contributed by atoms with Crippen molar-refractivity contribution in [3.63, 3.8) is 0 Å². The van der Waals surface area contributed by atoms with Gasteiger partial charge in [-0.05, 0) is 58.7 Å². The van der Waals surface area contributed by atoms with E-state index in [4.69, 9.17) is 15.2 Å². The van der Waals surface area contributed by atoms with Crippen molar-refractivity contribution in [1.29, 1.82) is 0 Å². The second-order valence-corrected chi connectivity index (χ2v) is 5.60. The van der Waals surface area contributed by atoms with Crippen LogP contribution < -0.4 is 15.2 Å². The molecule has 0 radical (unpaired) electrons. The van der Waals surface area contributed by atoms with Gasteiger partial charge in [-0.1, -0.05) is 12.1 Å². The molecular formula is C16H17BrFNO2. The summed E-state index contributed by atoms with van der Waals surface area (Å²) >= 11 is 3.15. The molecule has 0 heterocycles. The van der Waals surface area contributed by atoms with Crippen molar-refractivity contribution in [3.05, 3.63) is 58.3 Å². The molecular weight excluding hydrogens is 337 g/mol. The predicted octanol–water partition coefficient (Wildman–Crippen LogP) is 4.06. The zero-order valence-corrected chi connectivity index (χ0v) is 13.4. The molecule has 2 rings (SSSR count). The lowest BCUT2D eigenvalue weighted by molar-refractivity contribution is 0.180. The van der Waals surface area contributed by atoms with Crippen molar-refractivity contribution < 1.29 is 13.9 Å². The van der Waals surface area contributed by atoms with Crippen molar-refractivity contribution in [2.75, 3.05) is 7.11 Å². The molecule has 2 N–H and O–H groups in total. The molecule has 2 aromatic carbocycles. The van der Waals surface area contributed by atoms with Crippen LogP contribution in [0.5, 0.6) is 11.5 Å². The van der Waals surface area contributed by atoms with Gasteiger partial charge >= 0.3 is 0 Å². The molecule has 2 atom stereocenters. The monoisotopic (exact) mass is 353 g/mol. The molecule has 0 saturated heterocycles. The number of rotatable bonds is 5. The van der Waals surface area contributed by atoms with Crippen LogP contribution in [-0.4, -0.2) is 13.2 Å². The molecule has 3 nitrogen and oxygen atoms in total. The number of hydrogen-bond donors (Lipinski definition) is 1. The SMILES string of the molecule is COc1ccc(C(Oc2ccc(F)c(Br)c2)C(C)N)cc1. The molecule has 2 aromatic rings. The van der Waals surface area contributed by atoms with E-state index in [1.54, 1.807) is 19.2 Å². The third kappa shape index (κ3) is 3.95. The van der Waals surface area contributed by atoms with Gasteiger partial charge in [-0.25, -0.2) is 4.39 Å². The standard InChI is InChI=1S/C16H17BrFNO2/c1-10(19)16(11-3-5-12(20-2)6-4-11)21-13-7-8-15(18)14(17)9-13/h3-10,16H,19H2,1-2H3. The molecule has 0 spiro atoms. The van der Waals surface area contributed by atoms with Crippen LogP contribution in [0, 0.1) is 5.82 Å². The Hall–Kier alpha value is -1.59. The van der Waals surface area contributed by atoms with Crippen molar-refractivity contribution in [2.45, 2.75) is 19.1 Å². The number of ether oxygens (including phenoxy) is 2. The summed E-state index contributed by atoms with van der Waals surface area (Å²) < 4.78 is 24.7. The number of methoxy groups -OCH3 is 1. The molecule has 0 aromatic heterocycles. The minimum absolute atomic E-state index is 0.220. The first-order valence-electron chi connectivity index (χ1n) is 6.52. The van der Waals surface area contributed by atoms with Gasteiger partial charge < -0.3 is 15.2 Å². The highest BCUT2D eigenvalue weighted by molar-refractivity contribution is 9.10. The zero-order valence-electron chi connectivity index (χ0n) is 11.8. The maximum atomic E-state index is 13.3. The lowest BCUT2D eigenvalue weighted by Gasteiger charge is -2.23. The minimum atomic E-state index is -0.329. The summed E-state index contributed by atoms with van der Waals surface area (Å²) in [5, 5.41) is 0. The second-order valence-electron chi connectivity index (χ2n) is 4.75. The fraction of sp³-hybridized carbons (Fsp3) is 0.250. The molecule has 0 fully saturated rings. The highest BCUT2D eigenvalue weighted by atomic mass is 79.9. The Bertz CT molecular complexity index is 602. The van der Waals surface area contributed by atoms with Crippen LogP contribution in [0.25, 0.3) is 0 Å². The fourth-order valence-corrected chi connectivity index (χ4v) is 2.33. The molecule has 0 aliphatic carbocycles. The van der Waals surface area contributed by atoms with Gasteiger partial charge in [-0.3, -0.25) is 0 Å². The van der Waals surface area contributed by atoms with E-state index in [1.807, 2.05) is 31.2 Å². The summed E-state index contributed by atoms with van der Waals surface area (Å²) in [6.45, 7) is 1.87. The lowest BCUT2D eigenvalue weighted by atomic mass is 10.0. The first-order valence-corrected chi connectivity index (χ1v) is 7.32. The zero-order chi connectivity index (χ0) is 15.4. The van der Waals surface area contributed by atoms with Crippen molar-refractivity contribution in [2.24, 2.45) is 5.73 Å². The van der Waals surface area contributed by atoms with Gasteiger partial charge in [0.05, 0.1) is 11.6 Å². The highest BCUT2D eigenvalue weighted by Gasteiger charge is 2.19. The summed E-state index contributed by atoms with van der Waals surface area (Å²) in [7, 11) is 1.62. The minimum Gasteiger partial charge on any atom is -0.497 e. The summed E-state index contributed by atoms with van der Waals surface area (Å²) in [6, 6.07) is 11.8. The Balaban J connectivity index is 2.23. The Morgan fingerprint density at radius 1 is 1.10 bits per heavy atom. The summed E-state index contributed by atoms with van der Waals surface area (Å²) in [6.07, 6.45) is -0.326. The van der Waals surface area contributed by atoms with Crippen molar-refractivity contribution in [1.82, 2.24) is 0 Å². The van der Waals surface area contributed by atoms with Gasteiger partial charge in [0.1, 0.15) is 23.4 Å². The van der Waals surface area contributed by atoms with E-state index < -0.39 is 0 Å². The van der Waals surface area contributed by atoms with E-state index in [1.165, 1.54) is 6.07 Å². The molecule has 0 bridgehead atoms. The molecule has 0 amide bonds. The number of hydrogen-bond acceptors (Lipinski definition) is 3. The number of halogens is 2. The average Bonchev–Trinajstić information content (AvgIpc) is 2.48. The van der Waals surface area contributed by atoms with Crippen LogP contribution in [0.4, 0.5) is 4.39 Å². The largest absolute Gasteiger partial charge is 0.497 e. The first-order chi connectivity index (χ1) is 10.0. The molecule has 0 saturated carbocycles. The normalized spacial score (nSPS) is 13.6. The molecule has 112 valence electrons. The van der Waals surface area contributed by atoms with Crippen LogP contribution in [0.2, 0.25) is 0 Å². The van der Waals surface area contributed by atoms with Crippen LogP contribution in [0.15, 0.2) is 46.9 Å². The van der Waals surface area contributed by atoms with E-state index >= 15 is 0 Å². The van der Waals surface area contributed by atoms with Crippen LogP contribution >= 0.6 is 15.9 Å². The average molecular weight is 354 g/mol. The third-order valence-corrected chi connectivity index (χ3v) is 3.68. The van der Waals surface area contributed by atoms with E-state index in [9.17, 15) is 4.39 Å². The molecule has 2 unspecified atom stereocenters. The molecule has 0 aliphatic rings. The van der Waals surface area contributed by atoms with Crippen LogP contribution in [0.3, 0.4) is 0 Å². The quantitative estimate of drug-likeness (QED) is 0.881. The van der Waals surface area contributed by atoms with E-state index in [0.29, 0.717) is 10.2 Å². The summed E-state index contributed by atoms with van der Waals surface area (Å²) in [4.78, 5) is 0. The van der Waals surface area contributed by atoms with Gasteiger partial charge in [-0.15, -0.1) is 0 Å². The second kappa shape index (κ2) is 6.91. The maximum absolute atomic E-state index is 13.3. The predicted molar refractivity (Wildman–Crippen MR) is 84.1 cm³/mol. The number of nitrogens with two attached hydrogens (primary N) is 1. The van der Waals surface area contributed by atoms with Gasteiger partial charge in [0.2, 0.25) is 0 Å². The molecule has 5 heteroatoms. The molecule has 21 heavy (non-hydrogen) atoms. The Morgan fingerprint density at radius 2 is 1.71 bits per heavy atom. The van der Waals surface area contributed by atoms with Gasteiger partial charge in [-0.2, -0.15) is 0 Å². The lowest BCUT2D eigenvalue weighted by Crippen LogP contribution is -2.29. The maximum Gasteiger partial charge on any atom is 0.138 e. The van der Waals surface area contributed by atoms with Crippen LogP contribution in [0.1, 0.15) is 18.6 Å². The third-order valence-electron chi connectivity index (χ3n) is 3.08. The summed E-state index contributed by atoms with van der Waals surface area (Å²) in [5.41, 5.74) is 6.95. The van der Waals surface area contributed by atoms with Crippen LogP contribution in [-0.2, 0) is 0 Å². The Labute approximate surface area is 132 Å². The molecule has 0 aliphatic heterocycles. The number of benzene rings is 2. The topological polar surface area (TPSA) is 44.5 Å². The summed E-state index contributed by atoms with van der Waals surface area (Å²) in [5.74, 6) is 0.997.